The van der Waals surface area contributed by atoms with Gasteiger partial charge in [0.2, 0.25) is 0 Å². The third-order valence-electron chi connectivity index (χ3n) is 6.96. The molecule has 1 atom stereocenters. The van der Waals surface area contributed by atoms with E-state index >= 15 is 0 Å². The number of aromatic amines is 1. The molecule has 3 heterocycles. The van der Waals surface area contributed by atoms with Gasteiger partial charge in [-0.3, -0.25) is 9.69 Å². The maximum absolute atomic E-state index is 13.3. The molecule has 1 saturated carbocycles. The van der Waals surface area contributed by atoms with Gasteiger partial charge in [-0.05, 0) is 60.0 Å². The number of benzene rings is 1. The summed E-state index contributed by atoms with van der Waals surface area (Å²) < 4.78 is 1.97. The molecule has 1 saturated heterocycles. The highest BCUT2D eigenvalue weighted by Crippen LogP contribution is 2.34. The Bertz CT molecular complexity index is 1110. The molecule has 31 heavy (non-hydrogen) atoms. The second-order valence-electron chi connectivity index (χ2n) is 9.04. The van der Waals surface area contributed by atoms with Gasteiger partial charge in [0.1, 0.15) is 6.04 Å². The minimum absolute atomic E-state index is 0.101. The number of likely N-dealkylation sites (tertiary alicyclic amines) is 1. The van der Waals surface area contributed by atoms with Crippen molar-refractivity contribution in [2.24, 2.45) is 0 Å². The van der Waals surface area contributed by atoms with E-state index in [1.54, 1.807) is 0 Å². The maximum atomic E-state index is 13.3. The fraction of sp³-hybridized carbons (Fsp3) is 0.565. The summed E-state index contributed by atoms with van der Waals surface area (Å²) in [5.74, 6) is 0.737. The van der Waals surface area contributed by atoms with Crippen molar-refractivity contribution in [3.63, 3.8) is 0 Å². The van der Waals surface area contributed by atoms with Crippen LogP contribution in [0.3, 0.4) is 0 Å². The molecule has 1 unspecified atom stereocenters. The summed E-state index contributed by atoms with van der Waals surface area (Å²) in [7, 11) is 0. The standard InChI is InChI=1S/C23H30N6O2/c1-15-6-5-7-16-14-19(23(31)24-20(15)16)21(28-12-10-18(30)11-13-28)22-25-26-27-29(22)17-8-3-2-4-9-17/h5-7,14,17-18,21,30H,2-4,8-13H2,1H3,(H,24,31). The van der Waals surface area contributed by atoms with Gasteiger partial charge in [-0.25, -0.2) is 4.68 Å². The van der Waals surface area contributed by atoms with Crippen molar-refractivity contribution < 1.29 is 5.11 Å². The predicted molar refractivity (Wildman–Crippen MR) is 118 cm³/mol. The van der Waals surface area contributed by atoms with Gasteiger partial charge in [0.15, 0.2) is 5.82 Å². The number of piperidine rings is 1. The molecule has 1 aliphatic heterocycles. The van der Waals surface area contributed by atoms with Crippen molar-refractivity contribution in [1.29, 1.82) is 0 Å². The molecule has 2 N–H and O–H groups in total. The van der Waals surface area contributed by atoms with E-state index in [-0.39, 0.29) is 23.7 Å². The number of aryl methyl sites for hydroxylation is 1. The first-order chi connectivity index (χ1) is 15.1. The van der Waals surface area contributed by atoms with E-state index in [1.165, 1.54) is 19.3 Å². The lowest BCUT2D eigenvalue weighted by molar-refractivity contribution is 0.0651. The van der Waals surface area contributed by atoms with Crippen molar-refractivity contribution in [1.82, 2.24) is 30.1 Å². The Labute approximate surface area is 181 Å². The number of nitrogens with one attached hydrogen (secondary N) is 1. The van der Waals surface area contributed by atoms with E-state index in [0.717, 1.165) is 35.1 Å². The summed E-state index contributed by atoms with van der Waals surface area (Å²) >= 11 is 0. The van der Waals surface area contributed by atoms with Crippen LogP contribution < -0.4 is 5.56 Å². The number of aliphatic hydroxyl groups is 1. The van der Waals surface area contributed by atoms with Gasteiger partial charge in [0, 0.05) is 18.7 Å². The topological polar surface area (TPSA) is 99.9 Å². The molecule has 0 radical (unpaired) electrons. The second kappa shape index (κ2) is 8.51. The molecular weight excluding hydrogens is 392 g/mol. The Balaban J connectivity index is 1.63. The van der Waals surface area contributed by atoms with Crippen LogP contribution in [0.1, 0.15) is 74.0 Å². The number of hydrogen-bond acceptors (Lipinski definition) is 6. The third-order valence-corrected chi connectivity index (χ3v) is 6.96. The average Bonchev–Trinajstić information content (AvgIpc) is 3.26. The molecule has 0 bridgehead atoms. The van der Waals surface area contributed by atoms with E-state index in [0.29, 0.717) is 31.5 Å². The van der Waals surface area contributed by atoms with E-state index < -0.39 is 0 Å². The van der Waals surface area contributed by atoms with Crippen molar-refractivity contribution >= 4 is 10.9 Å². The van der Waals surface area contributed by atoms with Gasteiger partial charge in [0.25, 0.3) is 5.56 Å². The fourth-order valence-electron chi connectivity index (χ4n) is 5.21. The Hall–Kier alpha value is -2.58. The van der Waals surface area contributed by atoms with Gasteiger partial charge >= 0.3 is 0 Å². The van der Waals surface area contributed by atoms with Crippen molar-refractivity contribution in [3.8, 4) is 0 Å². The molecule has 164 valence electrons. The normalized spacial score (nSPS) is 20.3. The molecule has 1 aromatic carbocycles. The molecular formula is C23H30N6O2. The SMILES string of the molecule is Cc1cccc2cc(C(c3nnnn3C3CCCCC3)N3CCC(O)CC3)c(=O)[nH]c12. The predicted octanol–water partition coefficient (Wildman–Crippen LogP) is 2.87. The second-order valence-corrected chi connectivity index (χ2v) is 9.04. The number of fused-ring (bicyclic) bond motifs is 1. The summed E-state index contributed by atoms with van der Waals surface area (Å²) in [6.07, 6.45) is 6.83. The number of pyridine rings is 1. The fourth-order valence-corrected chi connectivity index (χ4v) is 5.21. The molecule has 2 fully saturated rings. The van der Waals surface area contributed by atoms with Crippen LogP contribution in [0.15, 0.2) is 29.1 Å². The van der Waals surface area contributed by atoms with Crippen molar-refractivity contribution in [3.05, 3.63) is 51.6 Å². The number of nitrogens with zero attached hydrogens (tertiary/aromatic N) is 5. The zero-order chi connectivity index (χ0) is 21.4. The van der Waals surface area contributed by atoms with Gasteiger partial charge in [0.05, 0.1) is 17.7 Å². The Morgan fingerprint density at radius 2 is 1.90 bits per heavy atom. The quantitative estimate of drug-likeness (QED) is 0.671. The minimum atomic E-state index is -0.335. The number of aromatic nitrogens is 5. The summed E-state index contributed by atoms with van der Waals surface area (Å²) in [6, 6.07) is 7.99. The molecule has 3 aromatic rings. The number of hydrogen-bond donors (Lipinski definition) is 2. The van der Waals surface area contributed by atoms with Gasteiger partial charge in [-0.2, -0.15) is 0 Å². The van der Waals surface area contributed by atoms with Gasteiger partial charge in [-0.1, -0.05) is 37.5 Å². The number of H-pyrrole nitrogens is 1. The Morgan fingerprint density at radius 1 is 1.13 bits per heavy atom. The lowest BCUT2D eigenvalue weighted by Gasteiger charge is -2.36. The maximum Gasteiger partial charge on any atom is 0.253 e. The van der Waals surface area contributed by atoms with E-state index in [2.05, 4.69) is 25.4 Å². The van der Waals surface area contributed by atoms with Crippen LogP contribution in [-0.4, -0.2) is 54.4 Å². The number of para-hydroxylation sites is 1. The molecule has 5 rings (SSSR count). The number of aliphatic hydroxyl groups excluding tert-OH is 1. The van der Waals surface area contributed by atoms with E-state index in [9.17, 15) is 9.90 Å². The van der Waals surface area contributed by atoms with Crippen LogP contribution >= 0.6 is 0 Å². The van der Waals surface area contributed by atoms with Crippen LogP contribution in [-0.2, 0) is 0 Å². The monoisotopic (exact) mass is 422 g/mol. The molecule has 8 nitrogen and oxygen atoms in total. The molecule has 8 heteroatoms. The first-order valence-corrected chi connectivity index (χ1v) is 11.4. The zero-order valence-electron chi connectivity index (χ0n) is 18.0. The average molecular weight is 423 g/mol. The van der Waals surface area contributed by atoms with Crippen molar-refractivity contribution in [2.45, 2.75) is 70.1 Å². The van der Waals surface area contributed by atoms with Crippen LogP contribution in [0.5, 0.6) is 0 Å². The lowest BCUT2D eigenvalue weighted by atomic mass is 9.94. The van der Waals surface area contributed by atoms with E-state index in [1.807, 2.05) is 35.9 Å². The summed E-state index contributed by atoms with van der Waals surface area (Å²) in [4.78, 5) is 18.7. The highest BCUT2D eigenvalue weighted by molar-refractivity contribution is 5.82. The van der Waals surface area contributed by atoms with Crippen molar-refractivity contribution in [2.75, 3.05) is 13.1 Å². The molecule has 2 aliphatic rings. The van der Waals surface area contributed by atoms with Crippen LogP contribution in [0, 0.1) is 6.92 Å². The summed E-state index contributed by atoms with van der Waals surface area (Å²) in [5, 5.41) is 23.9. The Kier molecular flexibility index (Phi) is 5.58. The molecule has 1 aliphatic carbocycles. The van der Waals surface area contributed by atoms with Gasteiger partial charge < -0.3 is 10.1 Å². The largest absolute Gasteiger partial charge is 0.393 e. The molecule has 2 aromatic heterocycles. The smallest absolute Gasteiger partial charge is 0.253 e. The first-order valence-electron chi connectivity index (χ1n) is 11.4. The van der Waals surface area contributed by atoms with Gasteiger partial charge in [-0.15, -0.1) is 5.10 Å². The van der Waals surface area contributed by atoms with Crippen LogP contribution in [0.2, 0.25) is 0 Å². The first kappa shape index (κ1) is 20.3. The van der Waals surface area contributed by atoms with Crippen LogP contribution in [0.25, 0.3) is 10.9 Å². The Morgan fingerprint density at radius 3 is 2.68 bits per heavy atom. The molecule has 0 spiro atoms. The van der Waals surface area contributed by atoms with Crippen LogP contribution in [0.4, 0.5) is 0 Å². The van der Waals surface area contributed by atoms with E-state index in [4.69, 9.17) is 0 Å². The number of tetrazole rings is 1. The lowest BCUT2D eigenvalue weighted by Crippen LogP contribution is -2.42. The summed E-state index contributed by atoms with van der Waals surface area (Å²) in [5.41, 5.74) is 2.49. The highest BCUT2D eigenvalue weighted by atomic mass is 16.3. The highest BCUT2D eigenvalue weighted by Gasteiger charge is 2.34. The number of rotatable bonds is 4. The molecule has 0 amide bonds. The zero-order valence-corrected chi connectivity index (χ0v) is 18.0. The summed E-state index contributed by atoms with van der Waals surface area (Å²) in [6.45, 7) is 3.41. The minimum Gasteiger partial charge on any atom is -0.393 e. The third kappa shape index (κ3) is 3.90.